The number of nitrogens with one attached hydrogen (secondary N) is 2. The van der Waals surface area contributed by atoms with Crippen LogP contribution in [0, 0.1) is 0 Å². The molecule has 0 bridgehead atoms. The Balaban J connectivity index is 1.57. The fourth-order valence-electron chi connectivity index (χ4n) is 2.00. The van der Waals surface area contributed by atoms with Crippen LogP contribution < -0.4 is 10.6 Å². The molecule has 0 fully saturated rings. The summed E-state index contributed by atoms with van der Waals surface area (Å²) >= 11 is 8.20. The van der Waals surface area contributed by atoms with Crippen LogP contribution >= 0.6 is 43.2 Å². The van der Waals surface area contributed by atoms with Gasteiger partial charge in [0.1, 0.15) is 0 Å². The molecule has 1 heterocycles. The van der Waals surface area contributed by atoms with Gasteiger partial charge in [0.05, 0.1) is 12.2 Å². The zero-order valence-electron chi connectivity index (χ0n) is 12.4. The summed E-state index contributed by atoms with van der Waals surface area (Å²) in [5, 5.41) is 8.41. The number of carbonyl (C=O) groups is 1. The third-order valence-corrected chi connectivity index (χ3v) is 5.00. The van der Waals surface area contributed by atoms with E-state index < -0.39 is 0 Å². The van der Waals surface area contributed by atoms with E-state index in [1.54, 1.807) is 0 Å². The Hall–Kier alpha value is -1.70. The van der Waals surface area contributed by atoms with Gasteiger partial charge in [-0.05, 0) is 36.4 Å². The van der Waals surface area contributed by atoms with Crippen molar-refractivity contribution in [1.82, 2.24) is 4.98 Å². The maximum absolute atomic E-state index is 12.0. The second-order valence-electron chi connectivity index (χ2n) is 4.95. The number of nitrogens with zero attached hydrogens (tertiary/aromatic N) is 1. The van der Waals surface area contributed by atoms with Crippen molar-refractivity contribution in [2.45, 2.75) is 0 Å². The van der Waals surface area contributed by atoms with Gasteiger partial charge in [0.25, 0.3) is 0 Å². The van der Waals surface area contributed by atoms with E-state index in [0.29, 0.717) is 5.13 Å². The lowest BCUT2D eigenvalue weighted by Gasteiger charge is -2.06. The highest BCUT2D eigenvalue weighted by Crippen LogP contribution is 2.26. The van der Waals surface area contributed by atoms with Crippen LogP contribution in [0.25, 0.3) is 11.3 Å². The monoisotopic (exact) mass is 465 g/mol. The fourth-order valence-corrected chi connectivity index (χ4v) is 3.26. The smallest absolute Gasteiger partial charge is 0.245 e. The topological polar surface area (TPSA) is 54.0 Å². The number of aromatic nitrogens is 1. The number of benzene rings is 2. The Morgan fingerprint density at radius 1 is 1.00 bits per heavy atom. The van der Waals surface area contributed by atoms with Crippen LogP contribution in [-0.4, -0.2) is 17.4 Å². The van der Waals surface area contributed by atoms with E-state index in [1.807, 2.05) is 53.9 Å². The standard InChI is InChI=1S/C17H13Br2N3OS/c18-12-3-1-11(2-4-12)15-10-24-17(21-15)22-16(23)9-20-14-7-5-13(19)6-8-14/h1-8,10,20H,9H2,(H,21,22,23). The van der Waals surface area contributed by atoms with E-state index in [9.17, 15) is 4.79 Å². The van der Waals surface area contributed by atoms with Gasteiger partial charge in [-0.3, -0.25) is 4.79 Å². The highest BCUT2D eigenvalue weighted by molar-refractivity contribution is 9.10. The average Bonchev–Trinajstić information content (AvgIpc) is 3.03. The van der Waals surface area contributed by atoms with E-state index >= 15 is 0 Å². The summed E-state index contributed by atoms with van der Waals surface area (Å²) in [7, 11) is 0. The van der Waals surface area contributed by atoms with Gasteiger partial charge >= 0.3 is 0 Å². The van der Waals surface area contributed by atoms with Crippen LogP contribution in [0.1, 0.15) is 0 Å². The summed E-state index contributed by atoms with van der Waals surface area (Å²) in [6.45, 7) is 0.189. The SMILES string of the molecule is O=C(CNc1ccc(Br)cc1)Nc1nc(-c2ccc(Br)cc2)cs1. The second-order valence-corrected chi connectivity index (χ2v) is 7.64. The number of halogens is 2. The minimum atomic E-state index is -0.130. The Morgan fingerprint density at radius 3 is 2.29 bits per heavy atom. The molecule has 2 aromatic carbocycles. The zero-order chi connectivity index (χ0) is 16.9. The van der Waals surface area contributed by atoms with E-state index in [4.69, 9.17) is 0 Å². The molecule has 122 valence electrons. The minimum Gasteiger partial charge on any atom is -0.376 e. The molecular formula is C17H13Br2N3OS. The largest absolute Gasteiger partial charge is 0.376 e. The molecule has 2 N–H and O–H groups in total. The third kappa shape index (κ3) is 4.66. The Morgan fingerprint density at radius 2 is 1.62 bits per heavy atom. The van der Waals surface area contributed by atoms with Gasteiger partial charge in [-0.2, -0.15) is 0 Å². The van der Waals surface area contributed by atoms with Gasteiger partial charge in [0, 0.05) is 25.6 Å². The van der Waals surface area contributed by atoms with Gasteiger partial charge in [-0.25, -0.2) is 4.98 Å². The number of amides is 1. The molecule has 1 aromatic heterocycles. The predicted molar refractivity (Wildman–Crippen MR) is 107 cm³/mol. The Kier molecular flexibility index (Phi) is 5.65. The molecule has 0 unspecified atom stereocenters. The van der Waals surface area contributed by atoms with Crippen molar-refractivity contribution in [3.8, 4) is 11.3 Å². The first-order chi connectivity index (χ1) is 11.6. The van der Waals surface area contributed by atoms with Gasteiger partial charge in [-0.1, -0.05) is 44.0 Å². The molecule has 0 atom stereocenters. The number of hydrogen-bond acceptors (Lipinski definition) is 4. The molecule has 0 aliphatic rings. The van der Waals surface area contributed by atoms with Crippen molar-refractivity contribution in [3.05, 3.63) is 62.9 Å². The van der Waals surface area contributed by atoms with Crippen molar-refractivity contribution < 1.29 is 4.79 Å². The fraction of sp³-hybridized carbons (Fsp3) is 0.0588. The Labute approximate surface area is 160 Å². The molecule has 0 aliphatic carbocycles. The van der Waals surface area contributed by atoms with Crippen LogP contribution in [0.15, 0.2) is 62.9 Å². The molecule has 0 saturated heterocycles. The van der Waals surface area contributed by atoms with Gasteiger partial charge in [0.15, 0.2) is 5.13 Å². The van der Waals surface area contributed by atoms with Gasteiger partial charge in [0.2, 0.25) is 5.91 Å². The van der Waals surface area contributed by atoms with Crippen molar-refractivity contribution >= 4 is 59.9 Å². The normalized spacial score (nSPS) is 10.4. The van der Waals surface area contributed by atoms with Crippen LogP contribution in [0.5, 0.6) is 0 Å². The summed E-state index contributed by atoms with van der Waals surface area (Å²) < 4.78 is 2.02. The molecule has 3 aromatic rings. The summed E-state index contributed by atoms with van der Waals surface area (Å²) in [5.41, 5.74) is 2.76. The van der Waals surface area contributed by atoms with Gasteiger partial charge in [-0.15, -0.1) is 11.3 Å². The lowest BCUT2D eigenvalue weighted by molar-refractivity contribution is -0.114. The molecule has 3 rings (SSSR count). The molecular weight excluding hydrogens is 454 g/mol. The maximum Gasteiger partial charge on any atom is 0.245 e. The first-order valence-electron chi connectivity index (χ1n) is 7.11. The number of anilines is 2. The molecule has 7 heteroatoms. The number of rotatable bonds is 5. The molecule has 0 saturated carbocycles. The summed E-state index contributed by atoms with van der Waals surface area (Å²) in [4.78, 5) is 16.5. The number of carbonyl (C=O) groups excluding carboxylic acids is 1. The van der Waals surface area contributed by atoms with Crippen molar-refractivity contribution in [1.29, 1.82) is 0 Å². The van der Waals surface area contributed by atoms with Gasteiger partial charge < -0.3 is 10.6 Å². The lowest BCUT2D eigenvalue weighted by atomic mass is 10.2. The average molecular weight is 467 g/mol. The van der Waals surface area contributed by atoms with Crippen molar-refractivity contribution in [3.63, 3.8) is 0 Å². The molecule has 0 aliphatic heterocycles. The first-order valence-corrected chi connectivity index (χ1v) is 9.57. The van der Waals surface area contributed by atoms with E-state index in [2.05, 4.69) is 47.5 Å². The maximum atomic E-state index is 12.0. The second kappa shape index (κ2) is 7.92. The summed E-state index contributed by atoms with van der Waals surface area (Å²) in [6.07, 6.45) is 0. The molecule has 0 spiro atoms. The summed E-state index contributed by atoms with van der Waals surface area (Å²) in [6, 6.07) is 15.6. The van der Waals surface area contributed by atoms with Crippen LogP contribution in [0.3, 0.4) is 0 Å². The zero-order valence-corrected chi connectivity index (χ0v) is 16.4. The lowest BCUT2D eigenvalue weighted by Crippen LogP contribution is -2.21. The quantitative estimate of drug-likeness (QED) is 0.530. The highest BCUT2D eigenvalue weighted by Gasteiger charge is 2.08. The van der Waals surface area contributed by atoms with Crippen LogP contribution in [0.4, 0.5) is 10.8 Å². The molecule has 24 heavy (non-hydrogen) atoms. The van der Waals surface area contributed by atoms with E-state index in [0.717, 1.165) is 25.9 Å². The number of hydrogen-bond donors (Lipinski definition) is 2. The third-order valence-electron chi connectivity index (χ3n) is 3.19. The minimum absolute atomic E-state index is 0.130. The van der Waals surface area contributed by atoms with E-state index in [1.165, 1.54) is 11.3 Å². The Bertz CT molecular complexity index is 832. The van der Waals surface area contributed by atoms with E-state index in [-0.39, 0.29) is 12.5 Å². The predicted octanol–water partition coefficient (Wildman–Crippen LogP) is 5.39. The molecule has 1 amide bonds. The highest BCUT2D eigenvalue weighted by atomic mass is 79.9. The van der Waals surface area contributed by atoms with Crippen LogP contribution in [-0.2, 0) is 4.79 Å². The molecule has 4 nitrogen and oxygen atoms in total. The molecule has 0 radical (unpaired) electrons. The summed E-state index contributed by atoms with van der Waals surface area (Å²) in [5.74, 6) is -0.130. The van der Waals surface area contributed by atoms with Crippen molar-refractivity contribution in [2.75, 3.05) is 17.2 Å². The first kappa shape index (κ1) is 17.1. The van der Waals surface area contributed by atoms with Crippen LogP contribution in [0.2, 0.25) is 0 Å². The number of thiazole rings is 1. The van der Waals surface area contributed by atoms with Crippen molar-refractivity contribution in [2.24, 2.45) is 0 Å².